The van der Waals surface area contributed by atoms with Gasteiger partial charge in [-0.2, -0.15) is 13.2 Å². The van der Waals surface area contributed by atoms with Gasteiger partial charge in [-0.15, -0.1) is 0 Å². The normalized spacial score (nSPS) is 11.3. The van der Waals surface area contributed by atoms with Gasteiger partial charge in [0.15, 0.2) is 6.61 Å². The molecule has 1 aromatic carbocycles. The zero-order chi connectivity index (χ0) is 15.9. The Bertz CT molecular complexity index is 464. The summed E-state index contributed by atoms with van der Waals surface area (Å²) in [6.07, 6.45) is -5.72. The second-order valence-corrected chi connectivity index (χ2v) is 4.50. The fraction of sp³-hybridized carbons (Fsp3) is 0.462. The Morgan fingerprint density at radius 3 is 2.67 bits per heavy atom. The molecule has 1 N–H and O–H groups in total. The average Bonchev–Trinajstić information content (AvgIpc) is 2.36. The van der Waals surface area contributed by atoms with E-state index in [2.05, 4.69) is 10.1 Å². The highest BCUT2D eigenvalue weighted by molar-refractivity contribution is 5.84. The molecule has 0 atom stereocenters. The minimum Gasteiger partial charge on any atom is -0.492 e. The molecule has 8 heteroatoms. The van der Waals surface area contributed by atoms with E-state index in [1.54, 1.807) is 12.1 Å². The molecule has 5 nitrogen and oxygen atoms in total. The van der Waals surface area contributed by atoms with Crippen LogP contribution in [0.2, 0.25) is 0 Å². The van der Waals surface area contributed by atoms with Gasteiger partial charge >= 0.3 is 12.3 Å². The van der Waals surface area contributed by atoms with Crippen LogP contribution in [0.25, 0.3) is 0 Å². The topological polar surface area (TPSA) is 50.8 Å². The minimum absolute atomic E-state index is 0.296. The fourth-order valence-corrected chi connectivity index (χ4v) is 1.31. The molecule has 0 fully saturated rings. The number of halogens is 3. The van der Waals surface area contributed by atoms with Gasteiger partial charge in [0.2, 0.25) is 0 Å². The molecule has 0 saturated carbocycles. The van der Waals surface area contributed by atoms with Crippen molar-refractivity contribution < 1.29 is 27.4 Å². The summed E-state index contributed by atoms with van der Waals surface area (Å²) in [5, 5.41) is 2.20. The van der Waals surface area contributed by atoms with Crippen LogP contribution in [0.4, 0.5) is 23.7 Å². The SMILES string of the molecule is CN(C)CCOc1cccc(NC(=O)OCC(F)(F)F)c1. The standard InChI is InChI=1S/C13H17F3N2O3/c1-18(2)6-7-20-11-5-3-4-10(8-11)17-12(19)21-9-13(14,15)16/h3-5,8H,6-7,9H2,1-2H3,(H,17,19). The van der Waals surface area contributed by atoms with Crippen molar-refractivity contribution in [3.05, 3.63) is 24.3 Å². The zero-order valence-electron chi connectivity index (χ0n) is 11.7. The summed E-state index contributed by atoms with van der Waals surface area (Å²) in [5.74, 6) is 0.505. The smallest absolute Gasteiger partial charge is 0.422 e. The molecule has 0 radical (unpaired) electrons. The number of hydrogen-bond donors (Lipinski definition) is 1. The van der Waals surface area contributed by atoms with Crippen molar-refractivity contribution in [2.75, 3.05) is 39.2 Å². The fourth-order valence-electron chi connectivity index (χ4n) is 1.31. The summed E-state index contributed by atoms with van der Waals surface area (Å²) in [5.41, 5.74) is 0.296. The van der Waals surface area contributed by atoms with Gasteiger partial charge in [-0.25, -0.2) is 4.79 Å². The molecule has 1 aromatic rings. The molecule has 1 amide bonds. The number of alkyl halides is 3. The number of hydrogen-bond acceptors (Lipinski definition) is 4. The first kappa shape index (κ1) is 17.1. The van der Waals surface area contributed by atoms with Crippen LogP contribution in [0.3, 0.4) is 0 Å². The molecule has 118 valence electrons. The van der Waals surface area contributed by atoms with E-state index in [0.717, 1.165) is 0 Å². The maximum absolute atomic E-state index is 11.9. The molecule has 0 aliphatic carbocycles. The lowest BCUT2D eigenvalue weighted by Crippen LogP contribution is -2.23. The van der Waals surface area contributed by atoms with E-state index in [1.807, 2.05) is 19.0 Å². The monoisotopic (exact) mass is 306 g/mol. The van der Waals surface area contributed by atoms with Gasteiger partial charge in [-0.1, -0.05) is 6.07 Å². The summed E-state index contributed by atoms with van der Waals surface area (Å²) < 4.78 is 45.2. The number of nitrogens with one attached hydrogen (secondary N) is 1. The van der Waals surface area contributed by atoms with Crippen LogP contribution in [0.15, 0.2) is 24.3 Å². The third kappa shape index (κ3) is 8.03. The van der Waals surface area contributed by atoms with Crippen molar-refractivity contribution in [1.82, 2.24) is 4.90 Å². The molecule has 0 saturated heterocycles. The molecule has 21 heavy (non-hydrogen) atoms. The van der Waals surface area contributed by atoms with Crippen LogP contribution >= 0.6 is 0 Å². The van der Waals surface area contributed by atoms with Gasteiger partial charge in [0.1, 0.15) is 12.4 Å². The van der Waals surface area contributed by atoms with Gasteiger partial charge in [0, 0.05) is 18.3 Å². The average molecular weight is 306 g/mol. The highest BCUT2D eigenvalue weighted by Gasteiger charge is 2.29. The van der Waals surface area contributed by atoms with Gasteiger partial charge < -0.3 is 14.4 Å². The van der Waals surface area contributed by atoms with Crippen LogP contribution in [0.1, 0.15) is 0 Å². The quantitative estimate of drug-likeness (QED) is 0.878. The Balaban J connectivity index is 2.46. The van der Waals surface area contributed by atoms with Gasteiger partial charge in [0.25, 0.3) is 0 Å². The highest BCUT2D eigenvalue weighted by atomic mass is 19.4. The largest absolute Gasteiger partial charge is 0.492 e. The number of anilines is 1. The van der Waals surface area contributed by atoms with Crippen LogP contribution in [-0.4, -0.2) is 51.0 Å². The number of carbonyl (C=O) groups is 1. The Morgan fingerprint density at radius 1 is 1.33 bits per heavy atom. The third-order valence-corrected chi connectivity index (χ3v) is 2.25. The van der Waals surface area contributed by atoms with Crippen LogP contribution in [-0.2, 0) is 4.74 Å². The first-order valence-corrected chi connectivity index (χ1v) is 6.14. The molecule has 0 aromatic heterocycles. The number of ether oxygens (including phenoxy) is 2. The summed E-state index contributed by atoms with van der Waals surface area (Å²) in [4.78, 5) is 13.1. The van der Waals surface area contributed by atoms with Crippen molar-refractivity contribution in [1.29, 1.82) is 0 Å². The van der Waals surface area contributed by atoms with Crippen molar-refractivity contribution in [3.63, 3.8) is 0 Å². The molecule has 1 rings (SSSR count). The predicted octanol–water partition coefficient (Wildman–Crippen LogP) is 2.74. The second-order valence-electron chi connectivity index (χ2n) is 4.50. The number of likely N-dealkylation sites (N-methyl/N-ethyl adjacent to an activating group) is 1. The number of rotatable bonds is 6. The van der Waals surface area contributed by atoms with Crippen LogP contribution in [0.5, 0.6) is 5.75 Å². The second kappa shape index (κ2) is 7.72. The number of nitrogens with zero attached hydrogens (tertiary/aromatic N) is 1. The summed E-state index contributed by atoms with van der Waals surface area (Å²) in [7, 11) is 3.80. The Hall–Kier alpha value is -1.96. The molecule has 0 spiro atoms. The number of amides is 1. The molecular weight excluding hydrogens is 289 g/mol. The van der Waals surface area contributed by atoms with E-state index in [0.29, 0.717) is 24.6 Å². The van der Waals surface area contributed by atoms with Crippen LogP contribution in [0, 0.1) is 0 Å². The first-order valence-electron chi connectivity index (χ1n) is 6.14. The van der Waals surface area contributed by atoms with Crippen molar-refractivity contribution in [2.45, 2.75) is 6.18 Å². The van der Waals surface area contributed by atoms with E-state index in [-0.39, 0.29) is 0 Å². The number of benzene rings is 1. The van der Waals surface area contributed by atoms with E-state index in [1.165, 1.54) is 12.1 Å². The van der Waals surface area contributed by atoms with E-state index < -0.39 is 18.9 Å². The van der Waals surface area contributed by atoms with Crippen LogP contribution < -0.4 is 10.1 Å². The minimum atomic E-state index is -4.55. The lowest BCUT2D eigenvalue weighted by Gasteiger charge is -2.12. The van der Waals surface area contributed by atoms with Gasteiger partial charge in [0.05, 0.1) is 0 Å². The van der Waals surface area contributed by atoms with Crippen molar-refractivity contribution in [3.8, 4) is 5.75 Å². The van der Waals surface area contributed by atoms with E-state index in [4.69, 9.17) is 4.74 Å². The highest BCUT2D eigenvalue weighted by Crippen LogP contribution is 2.18. The summed E-state index contributed by atoms with van der Waals surface area (Å²) in [6, 6.07) is 6.32. The third-order valence-electron chi connectivity index (χ3n) is 2.25. The lowest BCUT2D eigenvalue weighted by molar-refractivity contribution is -0.159. The lowest BCUT2D eigenvalue weighted by atomic mass is 10.3. The Kier molecular flexibility index (Phi) is 6.29. The van der Waals surface area contributed by atoms with E-state index in [9.17, 15) is 18.0 Å². The maximum atomic E-state index is 11.9. The van der Waals surface area contributed by atoms with E-state index >= 15 is 0 Å². The Labute approximate surface area is 120 Å². The molecule has 0 unspecified atom stereocenters. The van der Waals surface area contributed by atoms with Crippen molar-refractivity contribution in [2.24, 2.45) is 0 Å². The molecular formula is C13H17F3N2O3. The predicted molar refractivity (Wildman–Crippen MR) is 71.5 cm³/mol. The Morgan fingerprint density at radius 2 is 2.05 bits per heavy atom. The number of carbonyl (C=O) groups excluding carboxylic acids is 1. The zero-order valence-corrected chi connectivity index (χ0v) is 11.7. The summed E-state index contributed by atoms with van der Waals surface area (Å²) in [6.45, 7) is -0.460. The molecule has 0 aliphatic rings. The van der Waals surface area contributed by atoms with Gasteiger partial charge in [-0.3, -0.25) is 5.32 Å². The first-order chi connectivity index (χ1) is 9.76. The summed E-state index contributed by atoms with van der Waals surface area (Å²) >= 11 is 0. The van der Waals surface area contributed by atoms with Gasteiger partial charge in [-0.05, 0) is 26.2 Å². The molecule has 0 heterocycles. The van der Waals surface area contributed by atoms with Crippen molar-refractivity contribution >= 4 is 11.8 Å². The molecule has 0 bridgehead atoms. The maximum Gasteiger partial charge on any atom is 0.422 e. The molecule has 0 aliphatic heterocycles.